The van der Waals surface area contributed by atoms with Crippen LogP contribution in [0.5, 0.6) is 11.5 Å². The van der Waals surface area contributed by atoms with Crippen molar-refractivity contribution in [1.29, 1.82) is 0 Å². The lowest BCUT2D eigenvalue weighted by atomic mass is 10.1. The molecule has 9 nitrogen and oxygen atoms in total. The third-order valence-corrected chi connectivity index (χ3v) is 6.82. The van der Waals surface area contributed by atoms with E-state index in [2.05, 4.69) is 10.4 Å². The Morgan fingerprint density at radius 3 is 2.46 bits per heavy atom. The summed E-state index contributed by atoms with van der Waals surface area (Å²) in [6.07, 6.45) is 0.0426. The highest BCUT2D eigenvalue weighted by atomic mass is 32.1. The summed E-state index contributed by atoms with van der Waals surface area (Å²) in [5.41, 5.74) is 2.80. The van der Waals surface area contributed by atoms with E-state index in [1.807, 2.05) is 26.0 Å². The average Bonchev–Trinajstić information content (AvgIpc) is 3.29. The number of esters is 1. The highest BCUT2D eigenvalue weighted by molar-refractivity contribution is 7.16. The molecular weight excluding hydrogens is 494 g/mol. The average molecular weight is 522 g/mol. The molecule has 37 heavy (non-hydrogen) atoms. The molecule has 0 atom stereocenters. The number of ether oxygens (including phenoxy) is 3. The Labute approximate surface area is 217 Å². The molecule has 1 amide bonds. The van der Waals surface area contributed by atoms with Crippen LogP contribution in [0.25, 0.3) is 16.5 Å². The molecule has 0 spiro atoms. The summed E-state index contributed by atoms with van der Waals surface area (Å²) in [5.74, 6) is 0.0892. The molecule has 2 heterocycles. The molecule has 10 heteroatoms. The fourth-order valence-corrected chi connectivity index (χ4v) is 4.82. The van der Waals surface area contributed by atoms with E-state index in [9.17, 15) is 14.4 Å². The smallest absolute Gasteiger partial charge is 0.359 e. The normalized spacial score (nSPS) is 10.8. The molecule has 0 unspecified atom stereocenters. The number of aromatic nitrogens is 2. The maximum atomic E-state index is 13.6. The lowest BCUT2D eigenvalue weighted by Gasteiger charge is -2.11. The number of rotatable bonds is 8. The molecule has 2 aromatic carbocycles. The number of aryl methyl sites for hydroxylation is 2. The Kier molecular flexibility index (Phi) is 7.58. The number of nitrogens with one attached hydrogen (secondary N) is 1. The van der Waals surface area contributed by atoms with Crippen molar-refractivity contribution < 1.29 is 23.8 Å². The van der Waals surface area contributed by atoms with Crippen LogP contribution in [-0.2, 0) is 16.0 Å². The lowest BCUT2D eigenvalue weighted by molar-refractivity contribution is -0.115. The van der Waals surface area contributed by atoms with Gasteiger partial charge in [-0.1, -0.05) is 12.1 Å². The summed E-state index contributed by atoms with van der Waals surface area (Å²) in [6, 6.07) is 10.7. The highest BCUT2D eigenvalue weighted by Crippen LogP contribution is 2.32. The Hall–Kier alpha value is -4.18. The van der Waals surface area contributed by atoms with Crippen molar-refractivity contribution in [3.8, 4) is 17.2 Å². The van der Waals surface area contributed by atoms with Crippen LogP contribution in [0.3, 0.4) is 0 Å². The minimum absolute atomic E-state index is 0.00585. The quantitative estimate of drug-likeness (QED) is 0.342. The van der Waals surface area contributed by atoms with Gasteiger partial charge in [-0.25, -0.2) is 4.79 Å². The number of amides is 1. The minimum Gasteiger partial charge on any atom is -0.493 e. The number of thiophene rings is 1. The van der Waals surface area contributed by atoms with Gasteiger partial charge in [0.25, 0.3) is 5.56 Å². The van der Waals surface area contributed by atoms with Crippen molar-refractivity contribution in [2.75, 3.05) is 26.1 Å². The van der Waals surface area contributed by atoms with E-state index in [1.54, 1.807) is 36.6 Å². The van der Waals surface area contributed by atoms with E-state index in [4.69, 9.17) is 14.2 Å². The third kappa shape index (κ3) is 5.19. The van der Waals surface area contributed by atoms with Crippen molar-refractivity contribution in [2.24, 2.45) is 0 Å². The summed E-state index contributed by atoms with van der Waals surface area (Å²) in [4.78, 5) is 39.3. The first-order valence-corrected chi connectivity index (χ1v) is 12.4. The second-order valence-electron chi connectivity index (χ2n) is 8.32. The third-order valence-electron chi connectivity index (χ3n) is 5.92. The largest absolute Gasteiger partial charge is 0.493 e. The minimum atomic E-state index is -0.647. The van der Waals surface area contributed by atoms with Gasteiger partial charge < -0.3 is 19.5 Å². The van der Waals surface area contributed by atoms with Crippen molar-refractivity contribution >= 4 is 39.0 Å². The predicted molar refractivity (Wildman–Crippen MR) is 143 cm³/mol. The van der Waals surface area contributed by atoms with Crippen LogP contribution in [0.1, 0.15) is 34.1 Å². The highest BCUT2D eigenvalue weighted by Gasteiger charge is 2.23. The van der Waals surface area contributed by atoms with Gasteiger partial charge in [0.15, 0.2) is 17.2 Å². The maximum Gasteiger partial charge on any atom is 0.359 e. The summed E-state index contributed by atoms with van der Waals surface area (Å²) in [6.45, 7) is 5.75. The van der Waals surface area contributed by atoms with E-state index < -0.39 is 11.5 Å². The molecule has 0 radical (unpaired) electrons. The Balaban J connectivity index is 1.76. The first-order chi connectivity index (χ1) is 17.8. The predicted octanol–water partition coefficient (Wildman–Crippen LogP) is 4.44. The number of methoxy groups -OCH3 is 2. The van der Waals surface area contributed by atoms with Crippen LogP contribution in [-0.4, -0.2) is 42.5 Å². The topological polar surface area (TPSA) is 109 Å². The van der Waals surface area contributed by atoms with Crippen LogP contribution >= 0.6 is 11.3 Å². The first kappa shape index (κ1) is 25.9. The van der Waals surface area contributed by atoms with Gasteiger partial charge in [0, 0.05) is 10.8 Å². The Bertz CT molecular complexity index is 1560. The zero-order valence-electron chi connectivity index (χ0n) is 21.2. The molecule has 4 aromatic rings. The lowest BCUT2D eigenvalue weighted by Crippen LogP contribution is -2.26. The molecule has 2 aromatic heterocycles. The van der Waals surface area contributed by atoms with Gasteiger partial charge in [0.2, 0.25) is 5.91 Å². The summed E-state index contributed by atoms with van der Waals surface area (Å²) in [7, 11) is 3.06. The van der Waals surface area contributed by atoms with Gasteiger partial charge in [0.1, 0.15) is 5.00 Å². The van der Waals surface area contributed by atoms with E-state index in [0.29, 0.717) is 33.1 Å². The maximum absolute atomic E-state index is 13.6. The van der Waals surface area contributed by atoms with Gasteiger partial charge >= 0.3 is 5.97 Å². The van der Waals surface area contributed by atoms with Crippen molar-refractivity contribution in [3.05, 3.63) is 74.5 Å². The molecule has 0 aliphatic heterocycles. The molecule has 0 aliphatic carbocycles. The van der Waals surface area contributed by atoms with E-state index in [1.165, 1.54) is 18.9 Å². The standard InChI is InChI=1S/C27H27N3O6S/c1-6-36-27(33)24-19-14-37-25(28-22(31)13-17-8-10-20(34-4)21(12-17)35-5)23(19)26(32)30(29-24)18-9-7-15(2)16(3)11-18/h7-12,14H,6,13H2,1-5H3,(H,28,31). The number of carbonyl (C=O) groups is 2. The summed E-state index contributed by atoms with van der Waals surface area (Å²) < 4.78 is 16.9. The number of fused-ring (bicyclic) bond motifs is 1. The molecule has 0 saturated heterocycles. The SMILES string of the molecule is CCOC(=O)c1nn(-c2ccc(C)c(C)c2)c(=O)c2c(NC(=O)Cc3ccc(OC)c(OC)c3)scc12. The number of hydrogen-bond donors (Lipinski definition) is 1. The zero-order chi connectivity index (χ0) is 26.7. The molecule has 4 rings (SSSR count). The number of benzene rings is 2. The molecule has 1 N–H and O–H groups in total. The Morgan fingerprint density at radius 1 is 1.03 bits per heavy atom. The van der Waals surface area contributed by atoms with Crippen LogP contribution in [0, 0.1) is 13.8 Å². The van der Waals surface area contributed by atoms with Gasteiger partial charge in [-0.2, -0.15) is 9.78 Å². The fraction of sp³-hybridized carbons (Fsp3) is 0.259. The monoisotopic (exact) mass is 521 g/mol. The van der Waals surface area contributed by atoms with Crippen LogP contribution in [0.2, 0.25) is 0 Å². The van der Waals surface area contributed by atoms with E-state index in [-0.39, 0.29) is 30.0 Å². The van der Waals surface area contributed by atoms with Gasteiger partial charge in [0.05, 0.1) is 38.3 Å². The van der Waals surface area contributed by atoms with Gasteiger partial charge in [-0.05, 0) is 61.7 Å². The van der Waals surface area contributed by atoms with Crippen LogP contribution in [0.4, 0.5) is 5.00 Å². The molecule has 0 fully saturated rings. The number of hydrogen-bond acceptors (Lipinski definition) is 8. The Morgan fingerprint density at radius 2 is 1.78 bits per heavy atom. The van der Waals surface area contributed by atoms with E-state index >= 15 is 0 Å². The molecule has 192 valence electrons. The molecule has 0 saturated carbocycles. The van der Waals surface area contributed by atoms with Crippen molar-refractivity contribution in [1.82, 2.24) is 9.78 Å². The summed E-state index contributed by atoms with van der Waals surface area (Å²) >= 11 is 1.15. The fourth-order valence-electron chi connectivity index (χ4n) is 3.87. The zero-order valence-corrected chi connectivity index (χ0v) is 22.0. The molecular formula is C27H27N3O6S. The second-order valence-corrected chi connectivity index (χ2v) is 9.20. The first-order valence-electron chi connectivity index (χ1n) is 11.6. The number of nitrogens with zero attached hydrogens (tertiary/aromatic N) is 2. The van der Waals surface area contributed by atoms with Gasteiger partial charge in [-0.15, -0.1) is 11.3 Å². The van der Waals surface area contributed by atoms with Crippen molar-refractivity contribution in [3.63, 3.8) is 0 Å². The van der Waals surface area contributed by atoms with E-state index in [0.717, 1.165) is 22.5 Å². The van der Waals surface area contributed by atoms with Crippen molar-refractivity contribution in [2.45, 2.75) is 27.2 Å². The summed E-state index contributed by atoms with van der Waals surface area (Å²) in [5, 5.41) is 9.67. The van der Waals surface area contributed by atoms with Gasteiger partial charge in [-0.3, -0.25) is 9.59 Å². The number of anilines is 1. The van der Waals surface area contributed by atoms with Crippen LogP contribution in [0.15, 0.2) is 46.6 Å². The second kappa shape index (κ2) is 10.8. The molecule has 0 aliphatic rings. The van der Waals surface area contributed by atoms with Crippen LogP contribution < -0.4 is 20.3 Å². The number of carbonyl (C=O) groups excluding carboxylic acids is 2. The molecule has 0 bridgehead atoms.